The average Bonchev–Trinajstić information content (AvgIpc) is 2.10. The molecule has 0 saturated carbocycles. The Hall–Kier alpha value is 0.0649. The molecule has 0 aliphatic carbocycles. The third-order valence-electron chi connectivity index (χ3n) is 3.19. The van der Waals surface area contributed by atoms with Crippen molar-refractivity contribution in [3.8, 4) is 0 Å². The molecule has 0 aromatic rings. The molecule has 0 aliphatic heterocycles. The Bertz CT molecular complexity index is 129. The standard InChI is InChI=1S/C13H27B/c1-6-13(14)9-12(11(4)5)8-7-10(2)3/h10-13H,6-9H2,1-5H3. The van der Waals surface area contributed by atoms with Gasteiger partial charge in [-0.15, -0.1) is 0 Å². The Labute approximate surface area is 92.3 Å². The van der Waals surface area contributed by atoms with Crippen molar-refractivity contribution in [2.45, 2.75) is 66.1 Å². The van der Waals surface area contributed by atoms with Crippen LogP contribution in [0.4, 0.5) is 0 Å². The zero-order chi connectivity index (χ0) is 11.1. The molecule has 0 heterocycles. The Morgan fingerprint density at radius 2 is 1.57 bits per heavy atom. The lowest BCUT2D eigenvalue weighted by molar-refractivity contribution is 0.305. The highest BCUT2D eigenvalue weighted by Crippen LogP contribution is 2.29. The lowest BCUT2D eigenvalue weighted by Crippen LogP contribution is -2.12. The van der Waals surface area contributed by atoms with Crippen molar-refractivity contribution in [2.24, 2.45) is 17.8 Å². The van der Waals surface area contributed by atoms with E-state index in [-0.39, 0.29) is 0 Å². The van der Waals surface area contributed by atoms with E-state index in [2.05, 4.69) is 34.6 Å². The summed E-state index contributed by atoms with van der Waals surface area (Å²) in [6, 6.07) is 0. The van der Waals surface area contributed by atoms with Crippen molar-refractivity contribution in [3.63, 3.8) is 0 Å². The Balaban J connectivity index is 3.90. The molecule has 0 aromatic heterocycles. The van der Waals surface area contributed by atoms with E-state index < -0.39 is 0 Å². The zero-order valence-electron chi connectivity index (χ0n) is 10.7. The van der Waals surface area contributed by atoms with Gasteiger partial charge in [0, 0.05) is 0 Å². The molecule has 2 unspecified atom stereocenters. The monoisotopic (exact) mass is 194 g/mol. The SMILES string of the molecule is [B]C(CC)CC(CCC(C)C)C(C)C. The van der Waals surface area contributed by atoms with Gasteiger partial charge in [-0.2, -0.15) is 0 Å². The average molecular weight is 194 g/mol. The quantitative estimate of drug-likeness (QED) is 0.525. The van der Waals surface area contributed by atoms with E-state index in [1.165, 1.54) is 19.3 Å². The van der Waals surface area contributed by atoms with Crippen LogP contribution in [0.15, 0.2) is 0 Å². The van der Waals surface area contributed by atoms with Gasteiger partial charge in [-0.05, 0) is 24.2 Å². The zero-order valence-corrected chi connectivity index (χ0v) is 10.7. The van der Waals surface area contributed by atoms with Gasteiger partial charge in [-0.25, -0.2) is 0 Å². The van der Waals surface area contributed by atoms with Gasteiger partial charge in [0.1, 0.15) is 0 Å². The summed E-state index contributed by atoms with van der Waals surface area (Å²) in [6.07, 6.45) is 5.02. The van der Waals surface area contributed by atoms with E-state index in [9.17, 15) is 0 Å². The fourth-order valence-corrected chi connectivity index (χ4v) is 1.83. The van der Waals surface area contributed by atoms with Gasteiger partial charge in [0.15, 0.2) is 0 Å². The van der Waals surface area contributed by atoms with Crippen LogP contribution in [0, 0.1) is 17.8 Å². The largest absolute Gasteiger partial charge is 0.0774 e. The molecule has 0 aliphatic rings. The van der Waals surface area contributed by atoms with E-state index in [1.54, 1.807) is 0 Å². The highest BCUT2D eigenvalue weighted by molar-refractivity contribution is 6.11. The lowest BCUT2D eigenvalue weighted by Gasteiger charge is -2.24. The summed E-state index contributed by atoms with van der Waals surface area (Å²) >= 11 is 0. The van der Waals surface area contributed by atoms with Crippen LogP contribution in [0.25, 0.3) is 0 Å². The summed E-state index contributed by atoms with van der Waals surface area (Å²) in [5, 5.41) is 0. The highest BCUT2D eigenvalue weighted by Gasteiger charge is 2.16. The van der Waals surface area contributed by atoms with E-state index in [0.29, 0.717) is 5.82 Å². The lowest BCUT2D eigenvalue weighted by atomic mass is 9.73. The molecule has 1 heteroatoms. The highest BCUT2D eigenvalue weighted by atomic mass is 14.2. The van der Waals surface area contributed by atoms with Crippen molar-refractivity contribution in [3.05, 3.63) is 0 Å². The van der Waals surface area contributed by atoms with Crippen molar-refractivity contribution in [1.82, 2.24) is 0 Å². The molecule has 0 nitrogen and oxygen atoms in total. The van der Waals surface area contributed by atoms with Crippen LogP contribution in [0.2, 0.25) is 5.82 Å². The van der Waals surface area contributed by atoms with Crippen LogP contribution in [0.1, 0.15) is 60.3 Å². The van der Waals surface area contributed by atoms with Gasteiger partial charge in [-0.3, -0.25) is 0 Å². The van der Waals surface area contributed by atoms with Crippen molar-refractivity contribution in [2.75, 3.05) is 0 Å². The van der Waals surface area contributed by atoms with E-state index >= 15 is 0 Å². The molecular formula is C13H27B. The summed E-state index contributed by atoms with van der Waals surface area (Å²) in [6.45, 7) is 11.4. The first-order chi connectivity index (χ1) is 6.47. The summed E-state index contributed by atoms with van der Waals surface area (Å²) in [5.41, 5.74) is 0. The fraction of sp³-hybridized carbons (Fsp3) is 1.00. The van der Waals surface area contributed by atoms with Crippen LogP contribution in [-0.2, 0) is 0 Å². The molecular weight excluding hydrogens is 167 g/mol. The summed E-state index contributed by atoms with van der Waals surface area (Å²) in [7, 11) is 6.02. The van der Waals surface area contributed by atoms with E-state index in [0.717, 1.165) is 24.2 Å². The fourth-order valence-electron chi connectivity index (χ4n) is 1.83. The Morgan fingerprint density at radius 3 is 1.93 bits per heavy atom. The second kappa shape index (κ2) is 7.37. The second-order valence-electron chi connectivity index (χ2n) is 5.38. The molecule has 14 heavy (non-hydrogen) atoms. The van der Waals surface area contributed by atoms with Gasteiger partial charge in [-0.1, -0.05) is 59.7 Å². The van der Waals surface area contributed by atoms with Gasteiger partial charge in [0.25, 0.3) is 0 Å². The van der Waals surface area contributed by atoms with Gasteiger partial charge >= 0.3 is 0 Å². The molecule has 2 radical (unpaired) electrons. The molecule has 0 amide bonds. The minimum atomic E-state index is 0.412. The topological polar surface area (TPSA) is 0 Å². The molecule has 0 aromatic carbocycles. The maximum absolute atomic E-state index is 6.02. The van der Waals surface area contributed by atoms with Crippen LogP contribution in [0.3, 0.4) is 0 Å². The second-order valence-corrected chi connectivity index (χ2v) is 5.38. The summed E-state index contributed by atoms with van der Waals surface area (Å²) in [4.78, 5) is 0. The van der Waals surface area contributed by atoms with Crippen molar-refractivity contribution in [1.29, 1.82) is 0 Å². The third-order valence-corrected chi connectivity index (χ3v) is 3.19. The maximum Gasteiger partial charge on any atom is 0.0699 e. The molecule has 0 rings (SSSR count). The van der Waals surface area contributed by atoms with Crippen molar-refractivity contribution < 1.29 is 0 Å². The number of hydrogen-bond acceptors (Lipinski definition) is 0. The van der Waals surface area contributed by atoms with Crippen LogP contribution >= 0.6 is 0 Å². The molecule has 2 atom stereocenters. The first-order valence-electron chi connectivity index (χ1n) is 6.22. The van der Waals surface area contributed by atoms with Gasteiger partial charge in [0.05, 0.1) is 7.85 Å². The number of rotatable bonds is 7. The van der Waals surface area contributed by atoms with Gasteiger partial charge < -0.3 is 0 Å². The molecule has 0 bridgehead atoms. The summed E-state index contributed by atoms with van der Waals surface area (Å²) in [5.74, 6) is 2.85. The Morgan fingerprint density at radius 1 is 1.00 bits per heavy atom. The molecule has 0 spiro atoms. The predicted octanol–water partition coefficient (Wildman–Crippen LogP) is 4.45. The van der Waals surface area contributed by atoms with Gasteiger partial charge in [0.2, 0.25) is 0 Å². The minimum Gasteiger partial charge on any atom is -0.0774 e. The molecule has 0 N–H and O–H groups in total. The van der Waals surface area contributed by atoms with E-state index in [1.807, 2.05) is 0 Å². The Kier molecular flexibility index (Phi) is 7.40. The third kappa shape index (κ3) is 6.51. The predicted molar refractivity (Wildman–Crippen MR) is 66.8 cm³/mol. The molecule has 0 fully saturated rings. The van der Waals surface area contributed by atoms with Crippen LogP contribution in [0.5, 0.6) is 0 Å². The van der Waals surface area contributed by atoms with Crippen molar-refractivity contribution >= 4 is 7.85 Å². The number of hydrogen-bond donors (Lipinski definition) is 0. The minimum absolute atomic E-state index is 0.412. The van der Waals surface area contributed by atoms with E-state index in [4.69, 9.17) is 7.85 Å². The maximum atomic E-state index is 6.02. The van der Waals surface area contributed by atoms with Crippen LogP contribution in [-0.4, -0.2) is 7.85 Å². The summed E-state index contributed by atoms with van der Waals surface area (Å²) < 4.78 is 0. The first-order valence-corrected chi connectivity index (χ1v) is 6.22. The smallest absolute Gasteiger partial charge is 0.0699 e. The molecule has 82 valence electrons. The normalized spacial score (nSPS) is 16.2. The van der Waals surface area contributed by atoms with Crippen LogP contribution < -0.4 is 0 Å². The molecule has 0 saturated heterocycles. The first kappa shape index (κ1) is 14.1.